The van der Waals surface area contributed by atoms with E-state index in [4.69, 9.17) is 0 Å². The second kappa shape index (κ2) is 6.89. The van der Waals surface area contributed by atoms with Gasteiger partial charge in [0.1, 0.15) is 0 Å². The van der Waals surface area contributed by atoms with Crippen LogP contribution in [0.3, 0.4) is 0 Å². The van der Waals surface area contributed by atoms with Crippen LogP contribution in [0, 0.1) is 19.8 Å². The topological polar surface area (TPSA) is 72.2 Å². The lowest BCUT2D eigenvalue weighted by atomic mass is 10.1. The van der Waals surface area contributed by atoms with Crippen molar-refractivity contribution in [1.29, 1.82) is 0 Å². The summed E-state index contributed by atoms with van der Waals surface area (Å²) in [5, 5.41) is 11.8. The molecule has 1 N–H and O–H groups in total. The van der Waals surface area contributed by atoms with Crippen LogP contribution in [0.1, 0.15) is 31.7 Å². The van der Waals surface area contributed by atoms with E-state index in [2.05, 4.69) is 34.3 Å². The minimum atomic E-state index is 0.0233. The van der Waals surface area contributed by atoms with Crippen LogP contribution < -0.4 is 5.32 Å². The molecule has 0 radical (unpaired) electrons. The molecule has 2 heterocycles. The van der Waals surface area contributed by atoms with Crippen molar-refractivity contribution in [3.8, 4) is 0 Å². The van der Waals surface area contributed by atoms with Crippen molar-refractivity contribution in [2.24, 2.45) is 5.92 Å². The van der Waals surface area contributed by atoms with Crippen molar-refractivity contribution in [3.63, 3.8) is 0 Å². The minimum absolute atomic E-state index is 0.0233. The van der Waals surface area contributed by atoms with Crippen LogP contribution in [0.2, 0.25) is 0 Å². The van der Waals surface area contributed by atoms with E-state index in [-0.39, 0.29) is 5.91 Å². The Morgan fingerprint density at radius 3 is 2.86 bits per heavy atom. The molecule has 0 aliphatic heterocycles. The van der Waals surface area contributed by atoms with Gasteiger partial charge in [-0.05, 0) is 32.3 Å². The molecule has 0 spiro atoms. The smallest absolute Gasteiger partial charge is 0.256 e. The van der Waals surface area contributed by atoms with Crippen molar-refractivity contribution in [2.45, 2.75) is 39.3 Å². The average Bonchev–Trinajstić information content (AvgIpc) is 2.79. The van der Waals surface area contributed by atoms with Gasteiger partial charge in [-0.1, -0.05) is 25.6 Å². The van der Waals surface area contributed by atoms with E-state index in [1.807, 2.05) is 24.3 Å². The number of hydrogen-bond donors (Lipinski definition) is 1. The number of rotatable bonds is 6. The summed E-state index contributed by atoms with van der Waals surface area (Å²) in [4.78, 5) is 16.1. The first kappa shape index (κ1) is 15.8. The highest BCUT2D eigenvalue weighted by Gasteiger charge is 2.12. The third-order valence-electron chi connectivity index (χ3n) is 3.04. The largest absolute Gasteiger partial charge is 0.355 e. The van der Waals surface area contributed by atoms with Crippen molar-refractivity contribution in [1.82, 2.24) is 24.9 Å². The SMILES string of the molecule is Cc1cc(C)n2c(SCC(=O)NCCC(C)C)nnc2n1. The molecule has 0 unspecified atom stereocenters. The van der Waals surface area contributed by atoms with E-state index in [1.54, 1.807) is 0 Å². The fraction of sp³-hybridized carbons (Fsp3) is 0.571. The maximum atomic E-state index is 11.8. The zero-order valence-electron chi connectivity index (χ0n) is 12.9. The Labute approximate surface area is 128 Å². The molecule has 0 bridgehead atoms. The highest BCUT2D eigenvalue weighted by Crippen LogP contribution is 2.18. The van der Waals surface area contributed by atoms with Crippen LogP contribution in [0.25, 0.3) is 5.78 Å². The predicted octanol–water partition coefficient (Wildman–Crippen LogP) is 2.00. The number of carbonyl (C=O) groups is 1. The van der Waals surface area contributed by atoms with E-state index in [1.165, 1.54) is 11.8 Å². The first-order valence-corrected chi connectivity index (χ1v) is 8.05. The highest BCUT2D eigenvalue weighted by molar-refractivity contribution is 7.99. The maximum absolute atomic E-state index is 11.8. The molecule has 0 aliphatic rings. The lowest BCUT2D eigenvalue weighted by Gasteiger charge is -2.07. The summed E-state index contributed by atoms with van der Waals surface area (Å²) in [6.07, 6.45) is 0.993. The number of nitrogens with one attached hydrogen (secondary N) is 1. The summed E-state index contributed by atoms with van der Waals surface area (Å²) >= 11 is 1.38. The second-order valence-corrected chi connectivity index (χ2v) is 6.42. The predicted molar refractivity (Wildman–Crippen MR) is 83.4 cm³/mol. The number of hydrogen-bond acceptors (Lipinski definition) is 5. The summed E-state index contributed by atoms with van der Waals surface area (Å²) in [5.74, 6) is 1.53. The molecule has 0 atom stereocenters. The zero-order valence-corrected chi connectivity index (χ0v) is 13.7. The van der Waals surface area contributed by atoms with Crippen molar-refractivity contribution >= 4 is 23.4 Å². The molecule has 114 valence electrons. The fourth-order valence-corrected chi connectivity index (χ4v) is 2.79. The van der Waals surface area contributed by atoms with Gasteiger partial charge in [0.15, 0.2) is 5.16 Å². The Morgan fingerprint density at radius 2 is 2.14 bits per heavy atom. The van der Waals surface area contributed by atoms with Gasteiger partial charge in [0, 0.05) is 17.9 Å². The summed E-state index contributed by atoms with van der Waals surface area (Å²) in [5.41, 5.74) is 1.93. The van der Waals surface area contributed by atoms with E-state index in [0.717, 1.165) is 24.4 Å². The van der Waals surface area contributed by atoms with Crippen LogP contribution in [-0.2, 0) is 4.79 Å². The number of aryl methyl sites for hydroxylation is 2. The highest BCUT2D eigenvalue weighted by atomic mass is 32.2. The van der Waals surface area contributed by atoms with Crippen molar-refractivity contribution in [2.75, 3.05) is 12.3 Å². The quantitative estimate of drug-likeness (QED) is 0.826. The molecule has 2 rings (SSSR count). The summed E-state index contributed by atoms with van der Waals surface area (Å²) < 4.78 is 1.87. The zero-order chi connectivity index (χ0) is 15.4. The number of fused-ring (bicyclic) bond motifs is 1. The van der Waals surface area contributed by atoms with Crippen LogP contribution in [-0.4, -0.2) is 37.8 Å². The molecule has 0 aliphatic carbocycles. The molecular formula is C14H21N5OS. The van der Waals surface area contributed by atoms with Crippen LogP contribution in [0.5, 0.6) is 0 Å². The van der Waals surface area contributed by atoms with Gasteiger partial charge in [0.05, 0.1) is 5.75 Å². The third-order valence-corrected chi connectivity index (χ3v) is 3.97. The normalized spacial score (nSPS) is 11.3. The molecular weight excluding hydrogens is 286 g/mol. The Bertz CT molecular complexity index is 638. The number of carbonyl (C=O) groups excluding carboxylic acids is 1. The minimum Gasteiger partial charge on any atom is -0.355 e. The summed E-state index contributed by atoms with van der Waals surface area (Å²) in [6.45, 7) is 8.91. The Morgan fingerprint density at radius 1 is 1.38 bits per heavy atom. The van der Waals surface area contributed by atoms with Gasteiger partial charge in [-0.2, -0.15) is 0 Å². The Balaban J connectivity index is 1.96. The van der Waals surface area contributed by atoms with Gasteiger partial charge >= 0.3 is 0 Å². The van der Waals surface area contributed by atoms with E-state index < -0.39 is 0 Å². The lowest BCUT2D eigenvalue weighted by Crippen LogP contribution is -2.27. The van der Waals surface area contributed by atoms with Crippen LogP contribution >= 0.6 is 11.8 Å². The first-order valence-electron chi connectivity index (χ1n) is 7.06. The molecule has 0 fully saturated rings. The summed E-state index contributed by atoms with van der Waals surface area (Å²) in [6, 6.07) is 1.98. The Hall–Kier alpha value is -1.63. The van der Waals surface area contributed by atoms with E-state index in [9.17, 15) is 4.79 Å². The molecule has 1 amide bonds. The molecule has 0 saturated carbocycles. The van der Waals surface area contributed by atoms with Gasteiger partial charge in [-0.25, -0.2) is 4.98 Å². The first-order chi connectivity index (χ1) is 9.97. The van der Waals surface area contributed by atoms with Crippen molar-refractivity contribution < 1.29 is 4.79 Å². The van der Waals surface area contributed by atoms with Gasteiger partial charge in [0.2, 0.25) is 5.91 Å². The molecule has 0 aromatic carbocycles. The van der Waals surface area contributed by atoms with E-state index in [0.29, 0.717) is 22.6 Å². The fourth-order valence-electron chi connectivity index (χ4n) is 1.98. The second-order valence-electron chi connectivity index (χ2n) is 5.48. The Kier molecular flexibility index (Phi) is 5.17. The number of aromatic nitrogens is 4. The van der Waals surface area contributed by atoms with Gasteiger partial charge in [-0.3, -0.25) is 9.20 Å². The summed E-state index contributed by atoms with van der Waals surface area (Å²) in [7, 11) is 0. The molecule has 2 aromatic heterocycles. The molecule has 0 saturated heterocycles. The molecule has 6 nitrogen and oxygen atoms in total. The van der Waals surface area contributed by atoms with E-state index >= 15 is 0 Å². The van der Waals surface area contributed by atoms with Gasteiger partial charge in [-0.15, -0.1) is 10.2 Å². The molecule has 21 heavy (non-hydrogen) atoms. The van der Waals surface area contributed by atoms with Gasteiger partial charge < -0.3 is 5.32 Å². The average molecular weight is 307 g/mol. The van der Waals surface area contributed by atoms with Crippen LogP contribution in [0.15, 0.2) is 11.2 Å². The van der Waals surface area contributed by atoms with Crippen molar-refractivity contribution in [3.05, 3.63) is 17.5 Å². The molecule has 7 heteroatoms. The third kappa shape index (κ3) is 4.17. The number of amides is 1. The molecule has 2 aromatic rings. The maximum Gasteiger partial charge on any atom is 0.256 e. The number of nitrogens with zero attached hydrogens (tertiary/aromatic N) is 4. The monoisotopic (exact) mass is 307 g/mol. The standard InChI is InChI=1S/C14H21N5OS/c1-9(2)5-6-15-12(20)8-21-14-18-17-13-16-10(3)7-11(4)19(13)14/h7,9H,5-6,8H2,1-4H3,(H,15,20). The lowest BCUT2D eigenvalue weighted by molar-refractivity contribution is -0.118. The van der Waals surface area contributed by atoms with Crippen LogP contribution in [0.4, 0.5) is 0 Å². The van der Waals surface area contributed by atoms with Gasteiger partial charge in [0.25, 0.3) is 5.78 Å². The number of thioether (sulfide) groups is 1.